The zero-order chi connectivity index (χ0) is 15.7. The highest BCUT2D eigenvalue weighted by molar-refractivity contribution is 5.44. The van der Waals surface area contributed by atoms with Gasteiger partial charge in [-0.05, 0) is 18.2 Å². The van der Waals surface area contributed by atoms with Crippen LogP contribution < -0.4 is 10.5 Å². The summed E-state index contributed by atoms with van der Waals surface area (Å²) < 4.78 is 30.3. The van der Waals surface area contributed by atoms with Gasteiger partial charge in [0.05, 0.1) is 26.8 Å². The number of ether oxygens (including phenoxy) is 1. The molecule has 0 aromatic heterocycles. The van der Waals surface area contributed by atoms with Crippen molar-refractivity contribution in [1.82, 2.24) is 4.90 Å². The number of alkyl halides is 2. The number of hydrogen-bond acceptors (Lipinski definition) is 4. The second-order valence-electron chi connectivity index (χ2n) is 4.38. The minimum absolute atomic E-state index is 0.173. The first-order valence-electron chi connectivity index (χ1n) is 6.58. The van der Waals surface area contributed by atoms with E-state index < -0.39 is 13.0 Å². The van der Waals surface area contributed by atoms with Crippen LogP contribution in [0, 0.1) is 11.8 Å². The van der Waals surface area contributed by atoms with Gasteiger partial charge in [0.1, 0.15) is 5.75 Å². The zero-order valence-corrected chi connectivity index (χ0v) is 12.0. The predicted octanol–water partition coefficient (Wildman–Crippen LogP) is 1.06. The van der Waals surface area contributed by atoms with Crippen molar-refractivity contribution in [3.8, 4) is 17.6 Å². The molecule has 4 nitrogen and oxygen atoms in total. The molecule has 0 amide bonds. The molecule has 1 aromatic carbocycles. The molecule has 0 bridgehead atoms. The Bertz CT molecular complexity index is 498. The van der Waals surface area contributed by atoms with E-state index in [4.69, 9.17) is 15.6 Å². The summed E-state index contributed by atoms with van der Waals surface area (Å²) in [5.41, 5.74) is 6.82. The van der Waals surface area contributed by atoms with Crippen LogP contribution in [0.1, 0.15) is 11.1 Å². The van der Waals surface area contributed by atoms with Gasteiger partial charge in [0, 0.05) is 24.2 Å². The zero-order valence-electron chi connectivity index (χ0n) is 12.0. The number of rotatable bonds is 7. The first kappa shape index (κ1) is 17.4. The van der Waals surface area contributed by atoms with Crippen LogP contribution in [0.5, 0.6) is 5.75 Å². The fourth-order valence-corrected chi connectivity index (χ4v) is 1.95. The van der Waals surface area contributed by atoms with Gasteiger partial charge >= 0.3 is 0 Å². The molecule has 0 aliphatic heterocycles. The minimum atomic E-state index is -2.46. The third-order valence-electron chi connectivity index (χ3n) is 2.82. The minimum Gasteiger partial charge on any atom is -0.496 e. The fourth-order valence-electron chi connectivity index (χ4n) is 1.95. The number of nitrogens with zero attached hydrogens (tertiary/aromatic N) is 1. The lowest BCUT2D eigenvalue weighted by atomic mass is 10.1. The number of halogens is 2. The van der Waals surface area contributed by atoms with E-state index in [-0.39, 0.29) is 26.2 Å². The molecule has 0 aliphatic carbocycles. The predicted molar refractivity (Wildman–Crippen MR) is 77.3 cm³/mol. The Balaban J connectivity index is 2.95. The Morgan fingerprint density at radius 1 is 1.43 bits per heavy atom. The SMILES string of the molecule is COc1ccc(C#CCN)cc1CN(CCO)CC(F)F. The molecule has 0 heterocycles. The maximum atomic E-state index is 12.5. The highest BCUT2D eigenvalue weighted by Gasteiger charge is 2.14. The monoisotopic (exact) mass is 298 g/mol. The van der Waals surface area contributed by atoms with Crippen LogP contribution in [0.15, 0.2) is 18.2 Å². The molecule has 21 heavy (non-hydrogen) atoms. The van der Waals surface area contributed by atoms with E-state index in [9.17, 15) is 8.78 Å². The van der Waals surface area contributed by atoms with Gasteiger partial charge < -0.3 is 15.6 Å². The Hall–Kier alpha value is -1.68. The molecule has 0 unspecified atom stereocenters. The number of nitrogens with two attached hydrogens (primary N) is 1. The average Bonchev–Trinajstić information content (AvgIpc) is 2.45. The number of benzene rings is 1. The average molecular weight is 298 g/mol. The Morgan fingerprint density at radius 2 is 2.19 bits per heavy atom. The van der Waals surface area contributed by atoms with Crippen LogP contribution >= 0.6 is 0 Å². The van der Waals surface area contributed by atoms with Crippen molar-refractivity contribution >= 4 is 0 Å². The van der Waals surface area contributed by atoms with Crippen molar-refractivity contribution < 1.29 is 18.6 Å². The van der Waals surface area contributed by atoms with Crippen molar-refractivity contribution in [3.05, 3.63) is 29.3 Å². The third-order valence-corrected chi connectivity index (χ3v) is 2.82. The summed E-state index contributed by atoms with van der Waals surface area (Å²) in [4.78, 5) is 1.47. The standard InChI is InChI=1S/C15H20F2N2O2/c1-21-14-5-4-12(3-2-6-18)9-13(14)10-19(7-8-20)11-15(16)17/h4-5,9,15,20H,6-8,10-11,18H2,1H3. The molecular weight excluding hydrogens is 278 g/mol. The maximum Gasteiger partial charge on any atom is 0.251 e. The summed E-state index contributed by atoms with van der Waals surface area (Å²) in [6.07, 6.45) is -2.46. The Morgan fingerprint density at radius 3 is 2.76 bits per heavy atom. The van der Waals surface area contributed by atoms with E-state index in [1.807, 2.05) is 0 Å². The molecule has 0 radical (unpaired) electrons. The second kappa shape index (κ2) is 9.29. The first-order chi connectivity index (χ1) is 10.1. The van der Waals surface area contributed by atoms with Gasteiger partial charge in [-0.1, -0.05) is 11.8 Å². The number of aliphatic hydroxyl groups excluding tert-OH is 1. The van der Waals surface area contributed by atoms with Crippen molar-refractivity contribution in [2.45, 2.75) is 13.0 Å². The summed E-state index contributed by atoms with van der Waals surface area (Å²) in [6.45, 7) is 0.103. The van der Waals surface area contributed by atoms with Crippen LogP contribution in [0.3, 0.4) is 0 Å². The summed E-state index contributed by atoms with van der Waals surface area (Å²) >= 11 is 0. The second-order valence-corrected chi connectivity index (χ2v) is 4.38. The van der Waals surface area contributed by atoms with Crippen molar-refractivity contribution in [2.75, 3.05) is 33.4 Å². The van der Waals surface area contributed by atoms with E-state index in [0.717, 1.165) is 11.1 Å². The van der Waals surface area contributed by atoms with E-state index >= 15 is 0 Å². The quantitative estimate of drug-likeness (QED) is 0.739. The number of hydrogen-bond donors (Lipinski definition) is 2. The Kier molecular flexibility index (Phi) is 7.69. The molecule has 116 valence electrons. The number of methoxy groups -OCH3 is 1. The van der Waals surface area contributed by atoms with Crippen LogP contribution in [0.25, 0.3) is 0 Å². The van der Waals surface area contributed by atoms with E-state index in [1.54, 1.807) is 18.2 Å². The van der Waals surface area contributed by atoms with Crippen molar-refractivity contribution in [1.29, 1.82) is 0 Å². The molecule has 1 rings (SSSR count). The van der Waals surface area contributed by atoms with Crippen molar-refractivity contribution in [2.24, 2.45) is 5.73 Å². The maximum absolute atomic E-state index is 12.5. The highest BCUT2D eigenvalue weighted by atomic mass is 19.3. The first-order valence-corrected chi connectivity index (χ1v) is 6.58. The van der Waals surface area contributed by atoms with E-state index in [1.165, 1.54) is 12.0 Å². The molecule has 3 N–H and O–H groups in total. The highest BCUT2D eigenvalue weighted by Crippen LogP contribution is 2.21. The number of aliphatic hydroxyl groups is 1. The molecule has 0 fully saturated rings. The lowest BCUT2D eigenvalue weighted by Crippen LogP contribution is -2.31. The van der Waals surface area contributed by atoms with Gasteiger partial charge in [-0.3, -0.25) is 4.90 Å². The molecule has 0 saturated heterocycles. The largest absolute Gasteiger partial charge is 0.496 e. The topological polar surface area (TPSA) is 58.7 Å². The molecule has 0 saturated carbocycles. The van der Waals surface area contributed by atoms with Crippen LogP contribution in [0.4, 0.5) is 8.78 Å². The smallest absolute Gasteiger partial charge is 0.251 e. The van der Waals surface area contributed by atoms with Crippen LogP contribution in [0.2, 0.25) is 0 Å². The molecule has 0 spiro atoms. The van der Waals surface area contributed by atoms with Gasteiger partial charge in [0.25, 0.3) is 6.43 Å². The van der Waals surface area contributed by atoms with Gasteiger partial charge in [0.2, 0.25) is 0 Å². The summed E-state index contributed by atoms with van der Waals surface area (Å²) in [6, 6.07) is 5.32. The summed E-state index contributed by atoms with van der Waals surface area (Å²) in [7, 11) is 1.52. The summed E-state index contributed by atoms with van der Waals surface area (Å²) in [5, 5.41) is 8.97. The lowest BCUT2D eigenvalue weighted by Gasteiger charge is -2.22. The molecule has 0 atom stereocenters. The van der Waals surface area contributed by atoms with Crippen molar-refractivity contribution in [3.63, 3.8) is 0 Å². The van der Waals surface area contributed by atoms with Gasteiger partial charge in [-0.15, -0.1) is 0 Å². The normalized spacial score (nSPS) is 10.6. The molecular formula is C15H20F2N2O2. The molecule has 0 aliphatic rings. The molecule has 1 aromatic rings. The lowest BCUT2D eigenvalue weighted by molar-refractivity contribution is 0.0742. The van der Waals surface area contributed by atoms with Crippen LogP contribution in [-0.4, -0.2) is 49.8 Å². The van der Waals surface area contributed by atoms with E-state index in [0.29, 0.717) is 5.75 Å². The van der Waals surface area contributed by atoms with Gasteiger partial charge in [-0.25, -0.2) is 8.78 Å². The van der Waals surface area contributed by atoms with E-state index in [2.05, 4.69) is 11.8 Å². The Labute approximate surface area is 123 Å². The van der Waals surface area contributed by atoms with Gasteiger partial charge in [-0.2, -0.15) is 0 Å². The van der Waals surface area contributed by atoms with Crippen LogP contribution in [-0.2, 0) is 6.54 Å². The third kappa shape index (κ3) is 6.08. The van der Waals surface area contributed by atoms with Gasteiger partial charge in [0.15, 0.2) is 0 Å². The fraction of sp³-hybridized carbons (Fsp3) is 0.467. The summed E-state index contributed by atoms with van der Waals surface area (Å²) in [5.74, 6) is 6.24. The molecule has 6 heteroatoms.